The van der Waals surface area contributed by atoms with Crippen LogP contribution in [0.15, 0.2) is 36.4 Å². The van der Waals surface area contributed by atoms with Crippen LogP contribution in [0.4, 0.5) is 0 Å². The van der Waals surface area contributed by atoms with Crippen molar-refractivity contribution in [2.45, 2.75) is 71.6 Å². The molecule has 1 saturated carbocycles. The van der Waals surface area contributed by atoms with Gasteiger partial charge in [0.15, 0.2) is 0 Å². The third-order valence-corrected chi connectivity index (χ3v) is 5.99. The second-order valence-electron chi connectivity index (χ2n) is 7.97. The Morgan fingerprint density at radius 1 is 0.889 bits per heavy atom. The van der Waals surface area contributed by atoms with E-state index in [4.69, 9.17) is 4.74 Å². The van der Waals surface area contributed by atoms with Gasteiger partial charge >= 0.3 is 0 Å². The number of aromatic nitrogens is 2. The predicted molar refractivity (Wildman–Crippen MR) is 112 cm³/mol. The standard InChI is InChI=1S/C24H34N2O/c1-3-5-18-27-23-15-11-21(12-16-23)24-17-14-22(25-26-24)13-10-20-8-6-19(4-2)7-9-20/h11-12,14-17,19-20H,3-10,13,18H2,1-2H3. The highest BCUT2D eigenvalue weighted by Gasteiger charge is 2.19. The summed E-state index contributed by atoms with van der Waals surface area (Å²) >= 11 is 0. The van der Waals surface area contributed by atoms with Gasteiger partial charge in [0.1, 0.15) is 5.75 Å². The van der Waals surface area contributed by atoms with Crippen LogP contribution in [0.1, 0.15) is 70.9 Å². The van der Waals surface area contributed by atoms with Crippen LogP contribution in [0, 0.1) is 11.8 Å². The zero-order valence-corrected chi connectivity index (χ0v) is 17.0. The van der Waals surface area contributed by atoms with E-state index in [1.165, 1.54) is 38.5 Å². The molecule has 0 spiro atoms. The topological polar surface area (TPSA) is 35.0 Å². The summed E-state index contributed by atoms with van der Waals surface area (Å²) in [6.07, 6.45) is 11.6. The maximum Gasteiger partial charge on any atom is 0.119 e. The highest BCUT2D eigenvalue weighted by molar-refractivity contribution is 5.59. The number of benzene rings is 1. The van der Waals surface area contributed by atoms with Gasteiger partial charge in [-0.25, -0.2) is 0 Å². The zero-order chi connectivity index (χ0) is 18.9. The van der Waals surface area contributed by atoms with Gasteiger partial charge < -0.3 is 4.74 Å². The number of rotatable bonds is 9. The summed E-state index contributed by atoms with van der Waals surface area (Å²) in [5.41, 5.74) is 3.15. The fourth-order valence-electron chi connectivity index (χ4n) is 3.98. The number of hydrogen-bond acceptors (Lipinski definition) is 3. The normalized spacial score (nSPS) is 19.8. The molecule has 0 bridgehead atoms. The maximum atomic E-state index is 5.72. The summed E-state index contributed by atoms with van der Waals surface area (Å²) in [5.74, 6) is 2.79. The van der Waals surface area contributed by atoms with Crippen LogP contribution < -0.4 is 4.74 Å². The van der Waals surface area contributed by atoms with Gasteiger partial charge in [-0.05, 0) is 67.5 Å². The van der Waals surface area contributed by atoms with Gasteiger partial charge in [-0.1, -0.05) is 52.4 Å². The monoisotopic (exact) mass is 366 g/mol. The molecule has 1 heterocycles. The fourth-order valence-corrected chi connectivity index (χ4v) is 3.98. The number of unbranched alkanes of at least 4 members (excludes halogenated alkanes) is 1. The summed E-state index contributed by atoms with van der Waals surface area (Å²) in [5, 5.41) is 8.92. The van der Waals surface area contributed by atoms with E-state index in [0.29, 0.717) is 0 Å². The molecular weight excluding hydrogens is 332 g/mol. The Kier molecular flexibility index (Phi) is 7.67. The van der Waals surface area contributed by atoms with Crippen LogP contribution in [0.3, 0.4) is 0 Å². The Bertz CT molecular complexity index is 658. The van der Waals surface area contributed by atoms with Crippen molar-refractivity contribution in [3.63, 3.8) is 0 Å². The first-order chi connectivity index (χ1) is 13.3. The summed E-state index contributed by atoms with van der Waals surface area (Å²) in [6, 6.07) is 12.4. The van der Waals surface area contributed by atoms with Gasteiger partial charge in [-0.15, -0.1) is 0 Å². The Hall–Kier alpha value is -1.90. The van der Waals surface area contributed by atoms with E-state index in [-0.39, 0.29) is 0 Å². The molecule has 1 aliphatic rings. The molecule has 1 aromatic carbocycles. The Morgan fingerprint density at radius 2 is 1.63 bits per heavy atom. The molecule has 1 aromatic heterocycles. The van der Waals surface area contributed by atoms with Gasteiger partial charge in [0.25, 0.3) is 0 Å². The molecule has 3 rings (SSSR count). The first-order valence-electron chi connectivity index (χ1n) is 10.8. The first-order valence-corrected chi connectivity index (χ1v) is 10.8. The van der Waals surface area contributed by atoms with Crippen molar-refractivity contribution >= 4 is 0 Å². The maximum absolute atomic E-state index is 5.72. The summed E-state index contributed by atoms with van der Waals surface area (Å²) in [4.78, 5) is 0. The van der Waals surface area contributed by atoms with E-state index in [1.54, 1.807) is 0 Å². The molecule has 2 aromatic rings. The lowest BCUT2D eigenvalue weighted by Crippen LogP contribution is -2.14. The number of hydrogen-bond donors (Lipinski definition) is 0. The molecule has 0 aliphatic heterocycles. The second kappa shape index (κ2) is 10.4. The molecule has 0 N–H and O–H groups in total. The van der Waals surface area contributed by atoms with Crippen molar-refractivity contribution in [1.82, 2.24) is 10.2 Å². The molecule has 0 saturated heterocycles. The quantitative estimate of drug-likeness (QED) is 0.477. The third kappa shape index (κ3) is 6.05. The molecular formula is C24H34N2O. The van der Waals surface area contributed by atoms with E-state index in [2.05, 4.69) is 48.3 Å². The van der Waals surface area contributed by atoms with E-state index in [1.807, 2.05) is 12.1 Å². The highest BCUT2D eigenvalue weighted by Crippen LogP contribution is 2.33. The lowest BCUT2D eigenvalue weighted by Gasteiger charge is -2.27. The Morgan fingerprint density at radius 3 is 2.26 bits per heavy atom. The van der Waals surface area contributed by atoms with Crippen LogP contribution in [-0.2, 0) is 6.42 Å². The molecule has 0 atom stereocenters. The van der Waals surface area contributed by atoms with Crippen LogP contribution in [0.2, 0.25) is 0 Å². The highest BCUT2D eigenvalue weighted by atomic mass is 16.5. The number of aryl methyl sites for hydroxylation is 1. The first kappa shape index (κ1) is 19.9. The number of nitrogens with zero attached hydrogens (tertiary/aromatic N) is 2. The van der Waals surface area contributed by atoms with Gasteiger partial charge in [0, 0.05) is 5.56 Å². The third-order valence-electron chi connectivity index (χ3n) is 5.99. The van der Waals surface area contributed by atoms with E-state index >= 15 is 0 Å². The molecule has 146 valence electrons. The summed E-state index contributed by atoms with van der Waals surface area (Å²) < 4.78 is 5.72. The van der Waals surface area contributed by atoms with Crippen molar-refractivity contribution < 1.29 is 4.74 Å². The van der Waals surface area contributed by atoms with Crippen molar-refractivity contribution in [2.75, 3.05) is 6.61 Å². The molecule has 0 radical (unpaired) electrons. The van der Waals surface area contributed by atoms with Crippen molar-refractivity contribution in [2.24, 2.45) is 11.8 Å². The van der Waals surface area contributed by atoms with Crippen molar-refractivity contribution in [3.05, 3.63) is 42.1 Å². The molecule has 27 heavy (non-hydrogen) atoms. The Labute approximate surface area is 164 Å². The molecule has 1 fully saturated rings. The van der Waals surface area contributed by atoms with Crippen LogP contribution in [0.5, 0.6) is 5.75 Å². The lowest BCUT2D eigenvalue weighted by molar-refractivity contribution is 0.258. The van der Waals surface area contributed by atoms with E-state index in [9.17, 15) is 0 Å². The zero-order valence-electron chi connectivity index (χ0n) is 17.0. The van der Waals surface area contributed by atoms with E-state index in [0.717, 1.165) is 60.4 Å². The van der Waals surface area contributed by atoms with Crippen molar-refractivity contribution in [3.8, 4) is 17.0 Å². The van der Waals surface area contributed by atoms with Crippen LogP contribution in [0.25, 0.3) is 11.3 Å². The van der Waals surface area contributed by atoms with E-state index < -0.39 is 0 Å². The van der Waals surface area contributed by atoms with Crippen molar-refractivity contribution in [1.29, 1.82) is 0 Å². The fraction of sp³-hybridized carbons (Fsp3) is 0.583. The average molecular weight is 367 g/mol. The minimum atomic E-state index is 0.782. The SMILES string of the molecule is CCCCOc1ccc(-c2ccc(CCC3CCC(CC)CC3)nn2)cc1. The summed E-state index contributed by atoms with van der Waals surface area (Å²) in [6.45, 7) is 5.28. The molecule has 3 nitrogen and oxygen atoms in total. The average Bonchev–Trinajstić information content (AvgIpc) is 2.74. The Balaban J connectivity index is 1.48. The van der Waals surface area contributed by atoms with Gasteiger partial charge in [-0.3, -0.25) is 0 Å². The van der Waals surface area contributed by atoms with Crippen LogP contribution >= 0.6 is 0 Å². The lowest BCUT2D eigenvalue weighted by atomic mass is 9.79. The minimum absolute atomic E-state index is 0.782. The molecule has 1 aliphatic carbocycles. The van der Waals surface area contributed by atoms with Gasteiger partial charge in [-0.2, -0.15) is 10.2 Å². The minimum Gasteiger partial charge on any atom is -0.494 e. The smallest absolute Gasteiger partial charge is 0.119 e. The summed E-state index contributed by atoms with van der Waals surface area (Å²) in [7, 11) is 0. The largest absolute Gasteiger partial charge is 0.494 e. The molecule has 3 heteroatoms. The molecule has 0 amide bonds. The van der Waals surface area contributed by atoms with Crippen LogP contribution in [-0.4, -0.2) is 16.8 Å². The number of ether oxygens (including phenoxy) is 1. The predicted octanol–water partition coefficient (Wildman–Crippen LogP) is 6.47. The molecule has 0 unspecified atom stereocenters. The van der Waals surface area contributed by atoms with Gasteiger partial charge in [0.2, 0.25) is 0 Å². The second-order valence-corrected chi connectivity index (χ2v) is 7.97. The van der Waals surface area contributed by atoms with Gasteiger partial charge in [0.05, 0.1) is 18.0 Å².